The largest absolute Gasteiger partial charge is 0.467 e. The molecule has 6 heteroatoms. The Labute approximate surface area is 164 Å². The Morgan fingerprint density at radius 2 is 1.75 bits per heavy atom. The van der Waals surface area contributed by atoms with E-state index in [0.717, 1.165) is 22.6 Å². The summed E-state index contributed by atoms with van der Waals surface area (Å²) < 4.78 is 6.67. The van der Waals surface area contributed by atoms with Crippen LogP contribution in [0.25, 0.3) is 5.69 Å². The van der Waals surface area contributed by atoms with Crippen LogP contribution < -0.4 is 5.32 Å². The van der Waals surface area contributed by atoms with Crippen molar-refractivity contribution in [2.45, 2.75) is 26.3 Å². The SMILES string of the molecule is COC(=O)[C@H](Cc1ccccc1)NC(=O)c1ccc(-n2nc(C)cc2C)cc1. The monoisotopic (exact) mass is 377 g/mol. The van der Waals surface area contributed by atoms with E-state index in [1.807, 2.05) is 67.1 Å². The van der Waals surface area contributed by atoms with Crippen LogP contribution in [0.5, 0.6) is 0 Å². The first kappa shape index (κ1) is 19.4. The summed E-state index contributed by atoms with van der Waals surface area (Å²) in [6.45, 7) is 3.91. The second kappa shape index (κ2) is 8.52. The van der Waals surface area contributed by atoms with E-state index < -0.39 is 12.0 Å². The van der Waals surface area contributed by atoms with E-state index in [-0.39, 0.29) is 5.91 Å². The molecular weight excluding hydrogens is 354 g/mol. The van der Waals surface area contributed by atoms with Gasteiger partial charge in [-0.05, 0) is 49.7 Å². The lowest BCUT2D eigenvalue weighted by Crippen LogP contribution is -2.43. The Morgan fingerprint density at radius 1 is 1.07 bits per heavy atom. The minimum atomic E-state index is -0.754. The number of rotatable bonds is 6. The number of carbonyl (C=O) groups excluding carboxylic acids is 2. The predicted molar refractivity (Wildman–Crippen MR) is 106 cm³/mol. The lowest BCUT2D eigenvalue weighted by Gasteiger charge is -2.17. The number of esters is 1. The zero-order chi connectivity index (χ0) is 20.1. The molecule has 2 aromatic carbocycles. The smallest absolute Gasteiger partial charge is 0.328 e. The van der Waals surface area contributed by atoms with Gasteiger partial charge in [0.1, 0.15) is 6.04 Å². The van der Waals surface area contributed by atoms with Crippen LogP contribution in [0, 0.1) is 13.8 Å². The topological polar surface area (TPSA) is 73.2 Å². The highest BCUT2D eigenvalue weighted by molar-refractivity contribution is 5.97. The minimum absolute atomic E-state index is 0.328. The quantitative estimate of drug-likeness (QED) is 0.670. The zero-order valence-electron chi connectivity index (χ0n) is 16.2. The molecule has 0 aliphatic carbocycles. The van der Waals surface area contributed by atoms with Crippen molar-refractivity contribution in [2.24, 2.45) is 0 Å². The van der Waals surface area contributed by atoms with Crippen molar-refractivity contribution in [3.8, 4) is 5.69 Å². The predicted octanol–water partition coefficient (Wildman–Crippen LogP) is 3.00. The molecule has 1 N–H and O–H groups in total. The number of hydrogen-bond donors (Lipinski definition) is 1. The maximum absolute atomic E-state index is 12.6. The van der Waals surface area contributed by atoms with Gasteiger partial charge in [-0.25, -0.2) is 9.48 Å². The first-order chi connectivity index (χ1) is 13.5. The third-order valence-electron chi connectivity index (χ3n) is 4.46. The number of amides is 1. The van der Waals surface area contributed by atoms with E-state index in [9.17, 15) is 9.59 Å². The molecule has 0 bridgehead atoms. The fraction of sp³-hybridized carbons (Fsp3) is 0.227. The lowest BCUT2D eigenvalue weighted by atomic mass is 10.1. The Balaban J connectivity index is 1.74. The van der Waals surface area contributed by atoms with Gasteiger partial charge in [0, 0.05) is 17.7 Å². The molecule has 1 aromatic heterocycles. The van der Waals surface area contributed by atoms with E-state index >= 15 is 0 Å². The van der Waals surface area contributed by atoms with Crippen LogP contribution in [-0.4, -0.2) is 34.8 Å². The van der Waals surface area contributed by atoms with Crippen molar-refractivity contribution in [1.82, 2.24) is 15.1 Å². The molecule has 3 aromatic rings. The Morgan fingerprint density at radius 3 is 2.32 bits per heavy atom. The summed E-state index contributed by atoms with van der Waals surface area (Å²) >= 11 is 0. The number of carbonyl (C=O) groups is 2. The van der Waals surface area contributed by atoms with Gasteiger partial charge in [-0.3, -0.25) is 4.79 Å². The summed E-state index contributed by atoms with van der Waals surface area (Å²) in [7, 11) is 1.32. The third-order valence-corrected chi connectivity index (χ3v) is 4.46. The highest BCUT2D eigenvalue weighted by Crippen LogP contribution is 2.14. The molecule has 0 saturated carbocycles. The molecule has 144 valence electrons. The second-order valence-corrected chi connectivity index (χ2v) is 6.62. The molecule has 0 saturated heterocycles. The number of aryl methyl sites for hydroxylation is 2. The van der Waals surface area contributed by atoms with Gasteiger partial charge in [0.2, 0.25) is 0 Å². The van der Waals surface area contributed by atoms with Gasteiger partial charge in [-0.1, -0.05) is 30.3 Å². The van der Waals surface area contributed by atoms with Crippen molar-refractivity contribution >= 4 is 11.9 Å². The van der Waals surface area contributed by atoms with Gasteiger partial charge in [0.05, 0.1) is 18.5 Å². The fourth-order valence-electron chi connectivity index (χ4n) is 3.07. The van der Waals surface area contributed by atoms with Crippen molar-refractivity contribution in [3.63, 3.8) is 0 Å². The molecule has 1 atom stereocenters. The number of benzene rings is 2. The van der Waals surface area contributed by atoms with E-state index in [2.05, 4.69) is 10.4 Å². The summed E-state index contributed by atoms with van der Waals surface area (Å²) in [5, 5.41) is 7.21. The summed E-state index contributed by atoms with van der Waals surface area (Å²) in [5.74, 6) is -0.803. The molecule has 3 rings (SSSR count). The molecule has 1 amide bonds. The standard InChI is InChI=1S/C22H23N3O3/c1-15-13-16(2)25(24-15)19-11-9-18(10-12-19)21(26)23-20(22(27)28-3)14-17-7-5-4-6-8-17/h4-13,20H,14H2,1-3H3,(H,23,26)/t20-/m0/s1. The summed E-state index contributed by atoms with van der Waals surface area (Å²) in [4.78, 5) is 24.8. The van der Waals surface area contributed by atoms with Gasteiger partial charge < -0.3 is 10.1 Å². The number of nitrogens with one attached hydrogen (secondary N) is 1. The second-order valence-electron chi connectivity index (χ2n) is 6.62. The van der Waals surface area contributed by atoms with E-state index in [1.165, 1.54) is 7.11 Å². The lowest BCUT2D eigenvalue weighted by molar-refractivity contribution is -0.142. The number of ether oxygens (including phenoxy) is 1. The Hall–Kier alpha value is -3.41. The van der Waals surface area contributed by atoms with Crippen molar-refractivity contribution < 1.29 is 14.3 Å². The number of methoxy groups -OCH3 is 1. The van der Waals surface area contributed by atoms with E-state index in [1.54, 1.807) is 12.1 Å². The van der Waals surface area contributed by atoms with Crippen LogP contribution in [0.4, 0.5) is 0 Å². The van der Waals surface area contributed by atoms with Gasteiger partial charge in [-0.15, -0.1) is 0 Å². The normalized spacial score (nSPS) is 11.7. The van der Waals surface area contributed by atoms with Gasteiger partial charge in [0.15, 0.2) is 0 Å². The van der Waals surface area contributed by atoms with E-state index in [4.69, 9.17) is 4.74 Å². The minimum Gasteiger partial charge on any atom is -0.467 e. The molecule has 0 fully saturated rings. The highest BCUT2D eigenvalue weighted by Gasteiger charge is 2.22. The van der Waals surface area contributed by atoms with Crippen molar-refractivity contribution in [2.75, 3.05) is 7.11 Å². The third kappa shape index (κ3) is 4.46. The van der Waals surface area contributed by atoms with Crippen molar-refractivity contribution in [1.29, 1.82) is 0 Å². The van der Waals surface area contributed by atoms with E-state index in [0.29, 0.717) is 12.0 Å². The van der Waals surface area contributed by atoms with Crippen LogP contribution >= 0.6 is 0 Å². The molecule has 0 unspecified atom stereocenters. The average molecular weight is 377 g/mol. The molecule has 28 heavy (non-hydrogen) atoms. The Kier molecular flexibility index (Phi) is 5.89. The average Bonchev–Trinajstić information content (AvgIpc) is 3.05. The first-order valence-electron chi connectivity index (χ1n) is 9.04. The van der Waals surface area contributed by atoms with Gasteiger partial charge >= 0.3 is 5.97 Å². The molecule has 6 nitrogen and oxygen atoms in total. The summed E-state index contributed by atoms with van der Waals surface area (Å²) in [6.07, 6.45) is 0.364. The molecule has 0 aliphatic rings. The van der Waals surface area contributed by atoms with Crippen LogP contribution in [0.15, 0.2) is 60.7 Å². The van der Waals surface area contributed by atoms with Gasteiger partial charge in [0.25, 0.3) is 5.91 Å². The maximum atomic E-state index is 12.6. The molecule has 1 heterocycles. The zero-order valence-corrected chi connectivity index (χ0v) is 16.2. The summed E-state index contributed by atoms with van der Waals surface area (Å²) in [5.41, 5.74) is 4.23. The number of aromatic nitrogens is 2. The Bertz CT molecular complexity index is 962. The molecule has 0 aliphatic heterocycles. The van der Waals surface area contributed by atoms with Crippen LogP contribution in [0.2, 0.25) is 0 Å². The first-order valence-corrected chi connectivity index (χ1v) is 9.04. The maximum Gasteiger partial charge on any atom is 0.328 e. The molecule has 0 spiro atoms. The highest BCUT2D eigenvalue weighted by atomic mass is 16.5. The summed E-state index contributed by atoms with van der Waals surface area (Å²) in [6, 6.07) is 17.8. The molecule has 0 radical (unpaired) electrons. The fourth-order valence-corrected chi connectivity index (χ4v) is 3.07. The number of nitrogens with zero attached hydrogens (tertiary/aromatic N) is 2. The van der Waals surface area contributed by atoms with Crippen molar-refractivity contribution in [3.05, 3.63) is 83.2 Å². The van der Waals surface area contributed by atoms with Crippen LogP contribution in [-0.2, 0) is 16.0 Å². The van der Waals surface area contributed by atoms with Crippen LogP contribution in [0.1, 0.15) is 27.3 Å². The molecular formula is C22H23N3O3. The van der Waals surface area contributed by atoms with Crippen LogP contribution in [0.3, 0.4) is 0 Å². The number of hydrogen-bond acceptors (Lipinski definition) is 4. The van der Waals surface area contributed by atoms with Gasteiger partial charge in [-0.2, -0.15) is 5.10 Å².